The Morgan fingerprint density at radius 2 is 2.12 bits per heavy atom. The number of halogens is 1. The van der Waals surface area contributed by atoms with Gasteiger partial charge in [0.2, 0.25) is 0 Å². The molecule has 0 saturated carbocycles. The Morgan fingerprint density at radius 3 is 2.62 bits per heavy atom. The first kappa shape index (κ1) is 13.7. The molecule has 0 atom stereocenters. The molecule has 0 fully saturated rings. The SMILES string of the molecule is CNCCC(C)(C)c1c(Br)cnn1C(C)C. The smallest absolute Gasteiger partial charge is 0.0635 e. The summed E-state index contributed by atoms with van der Waals surface area (Å²) in [5.41, 5.74) is 1.42. The summed E-state index contributed by atoms with van der Waals surface area (Å²) in [6, 6.07) is 0.398. The first-order chi connectivity index (χ1) is 7.40. The fourth-order valence-electron chi connectivity index (χ4n) is 1.92. The molecule has 0 unspecified atom stereocenters. The summed E-state index contributed by atoms with van der Waals surface area (Å²) in [5, 5.41) is 7.65. The van der Waals surface area contributed by atoms with E-state index >= 15 is 0 Å². The van der Waals surface area contributed by atoms with E-state index in [1.165, 1.54) is 5.69 Å². The van der Waals surface area contributed by atoms with Gasteiger partial charge in [0.25, 0.3) is 0 Å². The van der Waals surface area contributed by atoms with Crippen LogP contribution in [-0.2, 0) is 5.41 Å². The summed E-state index contributed by atoms with van der Waals surface area (Å²) in [6.45, 7) is 9.88. The molecule has 92 valence electrons. The van der Waals surface area contributed by atoms with E-state index in [-0.39, 0.29) is 5.41 Å². The Kier molecular flexibility index (Phi) is 4.56. The lowest BCUT2D eigenvalue weighted by molar-refractivity contribution is 0.396. The highest BCUT2D eigenvalue weighted by Gasteiger charge is 2.28. The predicted octanol–water partition coefficient (Wildman–Crippen LogP) is 3.11. The molecule has 3 nitrogen and oxygen atoms in total. The highest BCUT2D eigenvalue weighted by Crippen LogP contribution is 2.34. The molecule has 0 spiro atoms. The van der Waals surface area contributed by atoms with Crippen LogP contribution >= 0.6 is 15.9 Å². The van der Waals surface area contributed by atoms with E-state index in [0.717, 1.165) is 17.4 Å². The van der Waals surface area contributed by atoms with Gasteiger partial charge in [0.05, 0.1) is 16.4 Å². The highest BCUT2D eigenvalue weighted by molar-refractivity contribution is 9.10. The van der Waals surface area contributed by atoms with Crippen molar-refractivity contribution in [1.82, 2.24) is 15.1 Å². The molecule has 0 aliphatic heterocycles. The standard InChI is InChI=1S/C12H22BrN3/c1-9(2)16-11(10(13)8-15-16)12(3,4)6-7-14-5/h8-9,14H,6-7H2,1-5H3. The molecule has 0 saturated heterocycles. The number of hydrogen-bond acceptors (Lipinski definition) is 2. The molecule has 1 heterocycles. The van der Waals surface area contributed by atoms with E-state index in [0.29, 0.717) is 6.04 Å². The predicted molar refractivity (Wildman–Crippen MR) is 71.9 cm³/mol. The second-order valence-corrected chi connectivity index (χ2v) is 5.97. The molecule has 0 radical (unpaired) electrons. The van der Waals surface area contributed by atoms with Gasteiger partial charge in [-0.05, 0) is 49.8 Å². The zero-order chi connectivity index (χ0) is 12.3. The molecule has 1 rings (SSSR count). The van der Waals surface area contributed by atoms with E-state index < -0.39 is 0 Å². The van der Waals surface area contributed by atoms with Crippen molar-refractivity contribution in [2.24, 2.45) is 0 Å². The maximum atomic E-state index is 4.44. The maximum absolute atomic E-state index is 4.44. The van der Waals surface area contributed by atoms with Crippen LogP contribution in [0.1, 0.15) is 45.9 Å². The highest BCUT2D eigenvalue weighted by atomic mass is 79.9. The van der Waals surface area contributed by atoms with E-state index in [1.807, 2.05) is 13.2 Å². The van der Waals surface area contributed by atoms with Crippen molar-refractivity contribution < 1.29 is 0 Å². The first-order valence-electron chi connectivity index (χ1n) is 5.78. The van der Waals surface area contributed by atoms with Crippen LogP contribution in [0.15, 0.2) is 10.7 Å². The van der Waals surface area contributed by atoms with Crippen LogP contribution in [0.2, 0.25) is 0 Å². The van der Waals surface area contributed by atoms with Crippen LogP contribution < -0.4 is 5.32 Å². The van der Waals surface area contributed by atoms with Gasteiger partial charge >= 0.3 is 0 Å². The molecular formula is C12H22BrN3. The molecule has 0 aliphatic rings. The van der Waals surface area contributed by atoms with Gasteiger partial charge in [-0.25, -0.2) is 0 Å². The zero-order valence-electron chi connectivity index (χ0n) is 10.8. The van der Waals surface area contributed by atoms with Crippen molar-refractivity contribution >= 4 is 15.9 Å². The number of nitrogens with one attached hydrogen (secondary N) is 1. The Morgan fingerprint density at radius 1 is 1.50 bits per heavy atom. The molecule has 1 aromatic rings. The van der Waals surface area contributed by atoms with E-state index in [4.69, 9.17) is 0 Å². The van der Waals surface area contributed by atoms with Crippen molar-refractivity contribution in [3.05, 3.63) is 16.4 Å². The summed E-state index contributed by atoms with van der Waals surface area (Å²) >= 11 is 3.61. The largest absolute Gasteiger partial charge is 0.320 e. The van der Waals surface area contributed by atoms with Crippen LogP contribution in [0, 0.1) is 0 Å². The molecule has 0 amide bonds. The topological polar surface area (TPSA) is 29.9 Å². The minimum Gasteiger partial charge on any atom is -0.320 e. The molecule has 1 aromatic heterocycles. The molecule has 0 bridgehead atoms. The lowest BCUT2D eigenvalue weighted by Gasteiger charge is -2.27. The van der Waals surface area contributed by atoms with E-state index in [2.05, 4.69) is 58.7 Å². The van der Waals surface area contributed by atoms with Crippen LogP contribution in [0.25, 0.3) is 0 Å². The first-order valence-corrected chi connectivity index (χ1v) is 6.57. The van der Waals surface area contributed by atoms with E-state index in [1.54, 1.807) is 0 Å². The third-order valence-electron chi connectivity index (χ3n) is 2.88. The summed E-state index contributed by atoms with van der Waals surface area (Å²) in [4.78, 5) is 0. The van der Waals surface area contributed by atoms with E-state index in [9.17, 15) is 0 Å². The number of nitrogens with zero attached hydrogens (tertiary/aromatic N) is 2. The fraction of sp³-hybridized carbons (Fsp3) is 0.750. The summed E-state index contributed by atoms with van der Waals surface area (Å²) in [5.74, 6) is 0. The molecule has 0 aromatic carbocycles. The monoisotopic (exact) mass is 287 g/mol. The van der Waals surface area contributed by atoms with Gasteiger partial charge in [0.15, 0.2) is 0 Å². The summed E-state index contributed by atoms with van der Waals surface area (Å²) in [7, 11) is 1.99. The fourth-order valence-corrected chi connectivity index (χ4v) is 2.73. The summed E-state index contributed by atoms with van der Waals surface area (Å²) < 4.78 is 3.22. The minimum absolute atomic E-state index is 0.128. The van der Waals surface area contributed by atoms with Gasteiger partial charge in [-0.3, -0.25) is 4.68 Å². The van der Waals surface area contributed by atoms with Gasteiger partial charge < -0.3 is 5.32 Å². The van der Waals surface area contributed by atoms with Gasteiger partial charge in [0, 0.05) is 11.5 Å². The lowest BCUT2D eigenvalue weighted by Crippen LogP contribution is -2.27. The third kappa shape index (κ3) is 2.86. The van der Waals surface area contributed by atoms with Crippen LogP contribution in [0.3, 0.4) is 0 Å². The second kappa shape index (κ2) is 5.32. The lowest BCUT2D eigenvalue weighted by atomic mass is 9.85. The maximum Gasteiger partial charge on any atom is 0.0635 e. The normalized spacial score (nSPS) is 12.4. The molecule has 4 heteroatoms. The zero-order valence-corrected chi connectivity index (χ0v) is 12.4. The van der Waals surface area contributed by atoms with Crippen LogP contribution in [0.4, 0.5) is 0 Å². The van der Waals surface area contributed by atoms with Crippen LogP contribution in [0.5, 0.6) is 0 Å². The quantitative estimate of drug-likeness (QED) is 0.902. The number of rotatable bonds is 5. The minimum atomic E-state index is 0.128. The Balaban J connectivity index is 3.05. The molecular weight excluding hydrogens is 266 g/mol. The molecule has 0 aliphatic carbocycles. The van der Waals surface area contributed by atoms with Gasteiger partial charge in [-0.1, -0.05) is 13.8 Å². The van der Waals surface area contributed by atoms with Gasteiger partial charge in [-0.2, -0.15) is 5.10 Å². The van der Waals surface area contributed by atoms with Gasteiger partial charge in [0.1, 0.15) is 0 Å². The summed E-state index contributed by atoms with van der Waals surface area (Å²) in [6.07, 6.45) is 3.00. The van der Waals surface area contributed by atoms with Crippen molar-refractivity contribution in [3.63, 3.8) is 0 Å². The second-order valence-electron chi connectivity index (χ2n) is 5.12. The Bertz CT molecular complexity index is 342. The average molecular weight is 288 g/mol. The molecule has 16 heavy (non-hydrogen) atoms. The Labute approximate surface area is 107 Å². The van der Waals surface area contributed by atoms with Crippen molar-refractivity contribution in [2.45, 2.75) is 45.6 Å². The van der Waals surface area contributed by atoms with Crippen molar-refractivity contribution in [3.8, 4) is 0 Å². The van der Waals surface area contributed by atoms with Gasteiger partial charge in [-0.15, -0.1) is 0 Å². The van der Waals surface area contributed by atoms with Crippen LogP contribution in [-0.4, -0.2) is 23.4 Å². The number of hydrogen-bond donors (Lipinski definition) is 1. The van der Waals surface area contributed by atoms with Crippen molar-refractivity contribution in [1.29, 1.82) is 0 Å². The third-order valence-corrected chi connectivity index (χ3v) is 3.46. The average Bonchev–Trinajstić information content (AvgIpc) is 2.58. The van der Waals surface area contributed by atoms with Crippen molar-refractivity contribution in [2.75, 3.05) is 13.6 Å². The molecule has 1 N–H and O–H groups in total. The Hall–Kier alpha value is -0.350. The number of aromatic nitrogens is 2.